The third-order valence-electron chi connectivity index (χ3n) is 4.71. The zero-order chi connectivity index (χ0) is 19.8. The van der Waals surface area contributed by atoms with E-state index in [9.17, 15) is 9.18 Å². The number of rotatable bonds is 3. The summed E-state index contributed by atoms with van der Waals surface area (Å²) in [5, 5.41) is 2.97. The second kappa shape index (κ2) is 7.83. The van der Waals surface area contributed by atoms with Crippen molar-refractivity contribution < 1.29 is 13.9 Å². The van der Waals surface area contributed by atoms with Gasteiger partial charge in [0.2, 0.25) is 11.8 Å². The number of nitrogens with two attached hydrogens (primary N) is 1. The number of amides is 1. The zero-order valence-corrected chi connectivity index (χ0v) is 15.4. The predicted octanol–water partition coefficient (Wildman–Crippen LogP) is 3.24. The number of hydrogen-bond donors (Lipinski definition) is 2. The van der Waals surface area contributed by atoms with E-state index in [1.165, 1.54) is 19.2 Å². The van der Waals surface area contributed by atoms with Crippen LogP contribution in [-0.4, -0.2) is 28.0 Å². The Morgan fingerprint density at radius 3 is 2.76 bits per heavy atom. The van der Waals surface area contributed by atoms with Gasteiger partial charge in [0.05, 0.1) is 35.8 Å². The maximum atomic E-state index is 14.0. The lowest BCUT2D eigenvalue weighted by atomic mass is 9.90. The molecule has 1 aromatic carbocycles. The highest BCUT2D eigenvalue weighted by Gasteiger charge is 2.30. The summed E-state index contributed by atoms with van der Waals surface area (Å²) < 4.78 is 19.2. The molecular formula is C21H22FN5O2. The van der Waals surface area contributed by atoms with E-state index in [0.717, 1.165) is 5.56 Å². The Bertz CT molecular complexity index is 1090. The monoisotopic (exact) mass is 395 g/mol. The van der Waals surface area contributed by atoms with E-state index >= 15 is 0 Å². The Kier molecular flexibility index (Phi) is 5.45. The number of benzene rings is 1. The van der Waals surface area contributed by atoms with Gasteiger partial charge in [0.1, 0.15) is 5.82 Å². The van der Waals surface area contributed by atoms with Crippen molar-refractivity contribution in [2.75, 3.05) is 12.8 Å². The number of nitrogens with zero attached hydrogens (tertiary/aromatic N) is 3. The molecule has 0 fully saturated rings. The number of fused-ring (bicyclic) bond motifs is 1. The fourth-order valence-electron chi connectivity index (χ4n) is 3.49. The Morgan fingerprint density at radius 2 is 2.00 bits per heavy atom. The highest BCUT2D eigenvalue weighted by atomic mass is 19.1. The van der Waals surface area contributed by atoms with E-state index in [0.29, 0.717) is 40.5 Å². The number of methoxy groups -OCH3 is 1. The Labute approximate surface area is 168 Å². The number of nitrogen functional groups attached to an aromatic ring is 1. The molecule has 0 saturated heterocycles. The molecule has 4 rings (SSSR count). The second-order valence-corrected chi connectivity index (χ2v) is 6.52. The van der Waals surface area contributed by atoms with Crippen molar-refractivity contribution in [3.05, 3.63) is 64.7 Å². The lowest BCUT2D eigenvalue weighted by Crippen LogP contribution is -2.37. The van der Waals surface area contributed by atoms with Gasteiger partial charge in [-0.15, -0.1) is 0 Å². The summed E-state index contributed by atoms with van der Waals surface area (Å²) in [7, 11) is 1.52. The van der Waals surface area contributed by atoms with E-state index in [1.807, 2.05) is 0 Å². The van der Waals surface area contributed by atoms with Gasteiger partial charge in [-0.2, -0.15) is 0 Å². The molecule has 1 aliphatic rings. The van der Waals surface area contributed by atoms with Crippen molar-refractivity contribution in [1.29, 1.82) is 0 Å². The summed E-state index contributed by atoms with van der Waals surface area (Å²) in [4.78, 5) is 25.4. The number of pyridine rings is 1. The number of carbonyl (C=O) groups is 1. The van der Waals surface area contributed by atoms with E-state index in [2.05, 4.69) is 20.3 Å². The Morgan fingerprint density at radius 1 is 1.21 bits per heavy atom. The summed E-state index contributed by atoms with van der Waals surface area (Å²) in [5.74, 6) is -0.133. The van der Waals surface area contributed by atoms with Crippen molar-refractivity contribution in [2.24, 2.45) is 0 Å². The van der Waals surface area contributed by atoms with Crippen molar-refractivity contribution in [3.8, 4) is 17.1 Å². The minimum absolute atomic E-state index is 0. The molecule has 0 saturated carbocycles. The fourth-order valence-corrected chi connectivity index (χ4v) is 3.49. The van der Waals surface area contributed by atoms with Gasteiger partial charge in [0.25, 0.3) is 5.91 Å². The first-order valence-electron chi connectivity index (χ1n) is 8.71. The van der Waals surface area contributed by atoms with Crippen LogP contribution in [-0.2, 0) is 6.42 Å². The van der Waals surface area contributed by atoms with Crippen molar-refractivity contribution in [2.45, 2.75) is 26.8 Å². The van der Waals surface area contributed by atoms with E-state index in [1.54, 1.807) is 31.2 Å². The van der Waals surface area contributed by atoms with Gasteiger partial charge in [-0.05, 0) is 30.7 Å². The maximum Gasteiger partial charge on any atom is 0.255 e. The summed E-state index contributed by atoms with van der Waals surface area (Å²) >= 11 is 0. The number of ether oxygens (including phenoxy) is 1. The summed E-state index contributed by atoms with van der Waals surface area (Å²) in [6.45, 7) is 1.72. The minimum atomic E-state index is -0.405. The molecule has 1 amide bonds. The highest BCUT2D eigenvalue weighted by molar-refractivity contribution is 5.98. The van der Waals surface area contributed by atoms with Crippen LogP contribution in [0, 0.1) is 12.7 Å². The van der Waals surface area contributed by atoms with Crippen LogP contribution in [0.25, 0.3) is 11.3 Å². The molecule has 3 N–H and O–H groups in total. The van der Waals surface area contributed by atoms with Crippen LogP contribution >= 0.6 is 0 Å². The number of carbonyl (C=O) groups excluding carboxylic acids is 1. The van der Waals surface area contributed by atoms with Crippen molar-refractivity contribution in [1.82, 2.24) is 20.3 Å². The quantitative estimate of drug-likeness (QED) is 0.706. The lowest BCUT2D eigenvalue weighted by molar-refractivity contribution is 0.0922. The molecule has 1 aliphatic heterocycles. The molecule has 0 unspecified atom stereocenters. The first-order chi connectivity index (χ1) is 13.5. The first kappa shape index (κ1) is 20.2. The maximum absolute atomic E-state index is 14.0. The normalized spacial score (nSPS) is 15.1. The van der Waals surface area contributed by atoms with Gasteiger partial charge in [-0.3, -0.25) is 4.79 Å². The topological polar surface area (TPSA) is 103 Å². The van der Waals surface area contributed by atoms with Crippen LogP contribution in [0.1, 0.15) is 40.8 Å². The van der Waals surface area contributed by atoms with E-state index in [4.69, 9.17) is 10.5 Å². The van der Waals surface area contributed by atoms with Crippen LogP contribution in [0.2, 0.25) is 0 Å². The number of aryl methyl sites for hydroxylation is 1. The summed E-state index contributed by atoms with van der Waals surface area (Å²) in [5.41, 5.74) is 9.16. The molecule has 3 heterocycles. The molecule has 7 nitrogen and oxygen atoms in total. The van der Waals surface area contributed by atoms with Crippen molar-refractivity contribution >= 4 is 11.9 Å². The molecule has 0 radical (unpaired) electrons. The molecule has 8 heteroatoms. The third-order valence-corrected chi connectivity index (χ3v) is 4.71. The molecular weight excluding hydrogens is 373 g/mol. The lowest BCUT2D eigenvalue weighted by Gasteiger charge is -2.27. The predicted molar refractivity (Wildman–Crippen MR) is 108 cm³/mol. The standard InChI is InChI=1S/C20H18FN5O2.CH4/c1-10-18-16(26-20(22)23-10)9-15(25-19(18)27)12-7-6-11(21)8-13(12)14-4-3-5-17(24-14)28-2;/h3-8,15H,9H2,1-2H3,(H,25,27)(H2,22,23,26);1H4/t15-;/m1./s1. The van der Waals surface area contributed by atoms with Crippen LogP contribution in [0.4, 0.5) is 10.3 Å². The first-order valence-corrected chi connectivity index (χ1v) is 8.71. The van der Waals surface area contributed by atoms with Gasteiger partial charge >= 0.3 is 0 Å². The average Bonchev–Trinajstić information content (AvgIpc) is 2.67. The van der Waals surface area contributed by atoms with Gasteiger partial charge < -0.3 is 15.8 Å². The van der Waals surface area contributed by atoms with Crippen LogP contribution in [0.3, 0.4) is 0 Å². The van der Waals surface area contributed by atoms with Crippen LogP contribution in [0.15, 0.2) is 36.4 Å². The van der Waals surface area contributed by atoms with Gasteiger partial charge in [-0.25, -0.2) is 19.3 Å². The summed E-state index contributed by atoms with van der Waals surface area (Å²) in [6, 6.07) is 9.27. The number of aromatic nitrogens is 3. The van der Waals surface area contributed by atoms with E-state index < -0.39 is 11.9 Å². The molecule has 2 aromatic heterocycles. The second-order valence-electron chi connectivity index (χ2n) is 6.52. The fraction of sp³-hybridized carbons (Fsp3) is 0.238. The third kappa shape index (κ3) is 3.73. The van der Waals surface area contributed by atoms with Gasteiger partial charge in [-0.1, -0.05) is 19.6 Å². The zero-order valence-electron chi connectivity index (χ0n) is 15.4. The highest BCUT2D eigenvalue weighted by Crippen LogP contribution is 2.33. The molecule has 0 spiro atoms. The smallest absolute Gasteiger partial charge is 0.255 e. The van der Waals surface area contributed by atoms with Crippen molar-refractivity contribution in [3.63, 3.8) is 0 Å². The molecule has 0 bridgehead atoms. The number of hydrogen-bond acceptors (Lipinski definition) is 6. The molecule has 1 atom stereocenters. The molecule has 150 valence electrons. The molecule has 0 aliphatic carbocycles. The van der Waals surface area contributed by atoms with Crippen LogP contribution < -0.4 is 15.8 Å². The largest absolute Gasteiger partial charge is 0.481 e. The van der Waals surface area contributed by atoms with E-state index in [-0.39, 0.29) is 19.3 Å². The number of anilines is 1. The van der Waals surface area contributed by atoms with Crippen LogP contribution in [0.5, 0.6) is 5.88 Å². The molecule has 3 aromatic rings. The minimum Gasteiger partial charge on any atom is -0.481 e. The van der Waals surface area contributed by atoms with Gasteiger partial charge in [0.15, 0.2) is 0 Å². The Balaban J connectivity index is 0.00000240. The van der Waals surface area contributed by atoms with Gasteiger partial charge in [0, 0.05) is 18.1 Å². The number of nitrogens with one attached hydrogen (secondary N) is 1. The SMILES string of the molecule is C.COc1cccc(-c2cc(F)ccc2[C@H]2Cc3nc(N)nc(C)c3C(=O)N2)n1. The summed E-state index contributed by atoms with van der Waals surface area (Å²) in [6.07, 6.45) is 0.414. The Hall–Kier alpha value is -3.55. The average molecular weight is 395 g/mol. The molecule has 29 heavy (non-hydrogen) atoms. The number of halogens is 1.